The zero-order valence-corrected chi connectivity index (χ0v) is 14.7. The third-order valence-corrected chi connectivity index (χ3v) is 4.18. The number of hydrogen-bond donors (Lipinski definition) is 0. The van der Waals surface area contributed by atoms with E-state index in [1.165, 1.54) is 25.7 Å². The molecule has 0 aliphatic carbocycles. The third-order valence-electron chi connectivity index (χ3n) is 2.21. The smallest absolute Gasteiger partial charge is 0.108 e. The van der Waals surface area contributed by atoms with Crippen LogP contribution in [0.1, 0.15) is 52.4 Å². The van der Waals surface area contributed by atoms with Gasteiger partial charge in [0.1, 0.15) is 8.22 Å². The highest BCUT2D eigenvalue weighted by molar-refractivity contribution is 14.1. The SMILES string of the molecule is CCCCOC(I)CCC(I)OCCCC. The molecule has 0 fully saturated rings. The van der Waals surface area contributed by atoms with Crippen molar-refractivity contribution in [3.05, 3.63) is 0 Å². The van der Waals surface area contributed by atoms with Crippen LogP contribution >= 0.6 is 45.2 Å². The highest BCUT2D eigenvalue weighted by atomic mass is 127. The molecule has 2 nitrogen and oxygen atoms in total. The molecule has 0 saturated carbocycles. The first-order valence-corrected chi connectivity index (χ1v) is 8.71. The van der Waals surface area contributed by atoms with Crippen LogP contribution in [0.4, 0.5) is 0 Å². The molecule has 98 valence electrons. The van der Waals surface area contributed by atoms with E-state index in [-0.39, 0.29) is 0 Å². The summed E-state index contributed by atoms with van der Waals surface area (Å²) in [6, 6.07) is 0. The van der Waals surface area contributed by atoms with Crippen LogP contribution in [0.3, 0.4) is 0 Å². The Morgan fingerprint density at radius 1 is 0.812 bits per heavy atom. The van der Waals surface area contributed by atoms with E-state index in [0.717, 1.165) is 26.1 Å². The molecule has 0 aliphatic rings. The molecule has 0 heterocycles. The predicted molar refractivity (Wildman–Crippen MR) is 86.6 cm³/mol. The fourth-order valence-electron chi connectivity index (χ4n) is 1.14. The van der Waals surface area contributed by atoms with Crippen molar-refractivity contribution in [2.45, 2.75) is 60.6 Å². The quantitative estimate of drug-likeness (QED) is 0.251. The summed E-state index contributed by atoms with van der Waals surface area (Å²) in [6.07, 6.45) is 6.92. The Bertz CT molecular complexity index is 129. The zero-order valence-electron chi connectivity index (χ0n) is 10.4. The lowest BCUT2D eigenvalue weighted by atomic mass is 10.3. The second-order valence-electron chi connectivity index (χ2n) is 3.85. The van der Waals surface area contributed by atoms with Gasteiger partial charge in [0.25, 0.3) is 0 Å². The topological polar surface area (TPSA) is 18.5 Å². The van der Waals surface area contributed by atoms with E-state index in [1.807, 2.05) is 0 Å². The van der Waals surface area contributed by atoms with Gasteiger partial charge in [-0.05, 0) is 25.7 Å². The summed E-state index contributed by atoms with van der Waals surface area (Å²) >= 11 is 4.76. The van der Waals surface area contributed by atoms with E-state index in [1.54, 1.807) is 0 Å². The standard InChI is InChI=1S/C12H24I2O2/c1-3-5-9-15-11(13)7-8-12(14)16-10-6-4-2/h11-12H,3-10H2,1-2H3. The Balaban J connectivity index is 3.32. The molecule has 16 heavy (non-hydrogen) atoms. The second-order valence-corrected chi connectivity index (χ2v) is 6.62. The molecule has 0 radical (unpaired) electrons. The van der Waals surface area contributed by atoms with Gasteiger partial charge in [-0.1, -0.05) is 71.9 Å². The molecule has 0 bridgehead atoms. The first-order valence-electron chi connectivity index (χ1n) is 6.22. The highest BCUT2D eigenvalue weighted by Crippen LogP contribution is 2.18. The van der Waals surface area contributed by atoms with Crippen molar-refractivity contribution in [3.8, 4) is 0 Å². The van der Waals surface area contributed by atoms with Crippen LogP contribution in [0.25, 0.3) is 0 Å². The summed E-state index contributed by atoms with van der Waals surface area (Å²) in [5.74, 6) is 0. The Morgan fingerprint density at radius 2 is 1.19 bits per heavy atom. The van der Waals surface area contributed by atoms with E-state index >= 15 is 0 Å². The highest BCUT2D eigenvalue weighted by Gasteiger charge is 2.09. The van der Waals surface area contributed by atoms with Crippen molar-refractivity contribution >= 4 is 45.2 Å². The largest absolute Gasteiger partial charge is 0.368 e. The fraction of sp³-hybridized carbons (Fsp3) is 1.00. The second kappa shape index (κ2) is 12.8. The molecular formula is C12H24I2O2. The van der Waals surface area contributed by atoms with E-state index in [0.29, 0.717) is 8.22 Å². The maximum atomic E-state index is 5.69. The summed E-state index contributed by atoms with van der Waals surface area (Å²) in [7, 11) is 0. The summed E-state index contributed by atoms with van der Waals surface area (Å²) in [4.78, 5) is 0. The van der Waals surface area contributed by atoms with E-state index in [2.05, 4.69) is 59.0 Å². The zero-order chi connectivity index (χ0) is 12.2. The van der Waals surface area contributed by atoms with Crippen LogP contribution in [0.2, 0.25) is 0 Å². The molecule has 0 aliphatic heterocycles. The Morgan fingerprint density at radius 3 is 1.50 bits per heavy atom. The first kappa shape index (κ1) is 17.4. The number of unbranched alkanes of at least 4 members (excludes halogenated alkanes) is 2. The number of hydrogen-bond acceptors (Lipinski definition) is 2. The Labute approximate surface area is 128 Å². The van der Waals surface area contributed by atoms with Crippen molar-refractivity contribution in [3.63, 3.8) is 0 Å². The minimum Gasteiger partial charge on any atom is -0.368 e. The average Bonchev–Trinajstić information content (AvgIpc) is 2.27. The van der Waals surface area contributed by atoms with Gasteiger partial charge >= 0.3 is 0 Å². The Kier molecular flexibility index (Phi) is 13.9. The van der Waals surface area contributed by atoms with Crippen LogP contribution in [-0.4, -0.2) is 21.4 Å². The van der Waals surface area contributed by atoms with Crippen molar-refractivity contribution in [1.82, 2.24) is 0 Å². The van der Waals surface area contributed by atoms with Crippen molar-refractivity contribution in [1.29, 1.82) is 0 Å². The van der Waals surface area contributed by atoms with Gasteiger partial charge in [-0.2, -0.15) is 0 Å². The minimum atomic E-state index is 0.344. The third kappa shape index (κ3) is 11.9. The first-order chi connectivity index (χ1) is 7.70. The predicted octanol–water partition coefficient (Wildman–Crippen LogP) is 4.92. The Hall–Kier alpha value is 1.38. The van der Waals surface area contributed by atoms with Crippen LogP contribution < -0.4 is 0 Å². The molecule has 0 spiro atoms. The summed E-state index contributed by atoms with van der Waals surface area (Å²) in [5, 5.41) is 0. The van der Waals surface area contributed by atoms with Gasteiger partial charge in [0, 0.05) is 13.2 Å². The normalized spacial score (nSPS) is 15.0. The van der Waals surface area contributed by atoms with Gasteiger partial charge in [-0.15, -0.1) is 0 Å². The van der Waals surface area contributed by atoms with Gasteiger partial charge in [0.2, 0.25) is 0 Å². The van der Waals surface area contributed by atoms with Gasteiger partial charge < -0.3 is 9.47 Å². The molecule has 0 rings (SSSR count). The van der Waals surface area contributed by atoms with Crippen molar-refractivity contribution in [2.75, 3.05) is 13.2 Å². The number of halogens is 2. The minimum absolute atomic E-state index is 0.344. The molecule has 0 amide bonds. The maximum absolute atomic E-state index is 5.69. The molecule has 4 heteroatoms. The number of alkyl halides is 2. The molecule has 0 aromatic carbocycles. The maximum Gasteiger partial charge on any atom is 0.108 e. The van der Waals surface area contributed by atoms with Crippen LogP contribution in [-0.2, 0) is 9.47 Å². The summed E-state index contributed by atoms with van der Waals surface area (Å²) in [5.41, 5.74) is 0. The molecule has 0 saturated heterocycles. The van der Waals surface area contributed by atoms with Crippen LogP contribution in [0.5, 0.6) is 0 Å². The van der Waals surface area contributed by atoms with Gasteiger partial charge in [-0.25, -0.2) is 0 Å². The lowest BCUT2D eigenvalue weighted by Gasteiger charge is -2.14. The van der Waals surface area contributed by atoms with Crippen LogP contribution in [0, 0.1) is 0 Å². The van der Waals surface area contributed by atoms with E-state index in [9.17, 15) is 0 Å². The molecule has 2 atom stereocenters. The van der Waals surface area contributed by atoms with Crippen molar-refractivity contribution in [2.24, 2.45) is 0 Å². The number of rotatable bonds is 11. The van der Waals surface area contributed by atoms with Gasteiger partial charge in [-0.3, -0.25) is 0 Å². The molecule has 0 aromatic rings. The van der Waals surface area contributed by atoms with Crippen LogP contribution in [0.15, 0.2) is 0 Å². The fourth-order valence-corrected chi connectivity index (χ4v) is 2.37. The lowest BCUT2D eigenvalue weighted by Crippen LogP contribution is -2.11. The monoisotopic (exact) mass is 454 g/mol. The molecule has 0 N–H and O–H groups in total. The summed E-state index contributed by atoms with van der Waals surface area (Å²) < 4.78 is 12.1. The lowest BCUT2D eigenvalue weighted by molar-refractivity contribution is 0.0852. The van der Waals surface area contributed by atoms with Crippen molar-refractivity contribution < 1.29 is 9.47 Å². The molecule has 0 aromatic heterocycles. The average molecular weight is 454 g/mol. The van der Waals surface area contributed by atoms with Gasteiger partial charge in [0.15, 0.2) is 0 Å². The molecule has 2 unspecified atom stereocenters. The van der Waals surface area contributed by atoms with E-state index in [4.69, 9.17) is 9.47 Å². The van der Waals surface area contributed by atoms with E-state index < -0.39 is 0 Å². The van der Waals surface area contributed by atoms with Gasteiger partial charge in [0.05, 0.1) is 0 Å². The summed E-state index contributed by atoms with van der Waals surface area (Å²) in [6.45, 7) is 6.17. The number of ether oxygens (including phenoxy) is 2. The molecular weight excluding hydrogens is 430 g/mol.